The summed E-state index contributed by atoms with van der Waals surface area (Å²) in [6, 6.07) is 20.0. The van der Waals surface area contributed by atoms with E-state index in [1.165, 1.54) is 17.7 Å². The second kappa shape index (κ2) is 11.5. The largest absolute Gasteiger partial charge is 0.480 e. The van der Waals surface area contributed by atoms with E-state index in [0.29, 0.717) is 11.3 Å². The fraction of sp³-hybridized carbons (Fsp3) is 0.250. The van der Waals surface area contributed by atoms with Crippen LogP contribution in [-0.2, 0) is 12.8 Å². The molecule has 4 nitrogen and oxygen atoms in total. The fourth-order valence-corrected chi connectivity index (χ4v) is 6.15. The van der Waals surface area contributed by atoms with Gasteiger partial charge in [-0.3, -0.25) is 4.79 Å². The third-order valence-corrected chi connectivity index (χ3v) is 7.91. The molecule has 1 heterocycles. The molecule has 1 aliphatic carbocycles. The highest BCUT2D eigenvalue weighted by Gasteiger charge is 2.24. The number of thiophene rings is 1. The summed E-state index contributed by atoms with van der Waals surface area (Å²) in [5.74, 6) is 3.13. The predicted octanol–water partition coefficient (Wildman–Crippen LogP) is 7.88. The van der Waals surface area contributed by atoms with Crippen LogP contribution in [0.2, 0.25) is 0 Å². The van der Waals surface area contributed by atoms with Crippen LogP contribution in [0, 0.1) is 19.3 Å². The van der Waals surface area contributed by atoms with Gasteiger partial charge in [0.05, 0.1) is 5.56 Å². The topological polar surface area (TPSA) is 50.7 Å². The molecule has 5 heteroatoms. The average Bonchev–Trinajstić information content (AvgIpc) is 3.22. The van der Waals surface area contributed by atoms with Gasteiger partial charge in [0.2, 0.25) is 0 Å². The predicted molar refractivity (Wildman–Crippen MR) is 155 cm³/mol. The molecule has 1 aromatic heterocycles. The van der Waals surface area contributed by atoms with Crippen molar-refractivity contribution in [3.05, 3.63) is 87.8 Å². The van der Waals surface area contributed by atoms with Gasteiger partial charge in [-0.1, -0.05) is 61.2 Å². The van der Waals surface area contributed by atoms with Crippen LogP contribution in [0.5, 0.6) is 5.75 Å². The van der Waals surface area contributed by atoms with Crippen molar-refractivity contribution < 1.29 is 9.53 Å². The van der Waals surface area contributed by atoms with E-state index in [4.69, 9.17) is 16.2 Å². The molecule has 37 heavy (non-hydrogen) atoms. The van der Waals surface area contributed by atoms with Crippen LogP contribution < -0.4 is 10.1 Å². The number of nitrogens with one attached hydrogen (secondary N) is 1. The fourth-order valence-electron chi connectivity index (χ4n) is 4.92. The number of carbonyl (C=O) groups is 1. The molecule has 0 fully saturated rings. The Hall–Kier alpha value is -3.88. The van der Waals surface area contributed by atoms with Gasteiger partial charge in [-0.15, -0.1) is 17.8 Å². The molecular weight excluding hydrogens is 476 g/mol. The molecule has 3 aromatic carbocycles. The van der Waals surface area contributed by atoms with Crippen LogP contribution in [0.25, 0.3) is 10.8 Å². The lowest BCUT2D eigenvalue weighted by molar-refractivity contribution is 0.102. The number of aliphatic imine (C=N–C) groups is 1. The quantitative estimate of drug-likeness (QED) is 0.214. The van der Waals surface area contributed by atoms with E-state index >= 15 is 0 Å². The number of nitrogens with zero attached hydrogens (tertiary/aromatic N) is 1. The highest BCUT2D eigenvalue weighted by atomic mass is 32.1. The molecule has 0 aliphatic heterocycles. The van der Waals surface area contributed by atoms with Gasteiger partial charge in [-0.05, 0) is 72.7 Å². The lowest BCUT2D eigenvalue weighted by Crippen LogP contribution is -2.14. The van der Waals surface area contributed by atoms with Gasteiger partial charge in [-0.25, -0.2) is 4.99 Å². The van der Waals surface area contributed by atoms with Crippen LogP contribution >= 0.6 is 11.3 Å². The van der Waals surface area contributed by atoms with Crippen molar-refractivity contribution in [2.24, 2.45) is 4.99 Å². The van der Waals surface area contributed by atoms with Gasteiger partial charge in [-0.2, -0.15) is 0 Å². The van der Waals surface area contributed by atoms with Crippen molar-refractivity contribution in [3.8, 4) is 18.1 Å². The lowest BCUT2D eigenvalue weighted by atomic mass is 9.96. The zero-order valence-corrected chi connectivity index (χ0v) is 21.9. The normalized spacial score (nSPS) is 13.5. The average molecular weight is 507 g/mol. The number of rotatable bonds is 6. The Kier molecular flexibility index (Phi) is 7.67. The van der Waals surface area contributed by atoms with Gasteiger partial charge in [0.25, 0.3) is 5.91 Å². The minimum Gasteiger partial charge on any atom is -0.480 e. The monoisotopic (exact) mass is 506 g/mol. The molecule has 0 bridgehead atoms. The molecule has 1 amide bonds. The van der Waals surface area contributed by atoms with Crippen LogP contribution in [0.3, 0.4) is 0 Å². The van der Waals surface area contributed by atoms with Crippen LogP contribution in [0.15, 0.2) is 65.7 Å². The lowest BCUT2D eigenvalue weighted by Gasteiger charge is -2.12. The van der Waals surface area contributed by atoms with Crippen molar-refractivity contribution in [1.29, 1.82) is 0 Å². The number of terminal acetylenes is 1. The van der Waals surface area contributed by atoms with Gasteiger partial charge < -0.3 is 10.1 Å². The Balaban J connectivity index is 1.58. The molecule has 0 unspecified atom stereocenters. The van der Waals surface area contributed by atoms with E-state index < -0.39 is 0 Å². The third-order valence-electron chi connectivity index (χ3n) is 6.71. The van der Waals surface area contributed by atoms with Crippen molar-refractivity contribution in [2.75, 3.05) is 11.9 Å². The third kappa shape index (κ3) is 5.60. The zero-order chi connectivity index (χ0) is 25.6. The summed E-state index contributed by atoms with van der Waals surface area (Å²) in [6.07, 6.45) is 13.8. The number of benzene rings is 3. The summed E-state index contributed by atoms with van der Waals surface area (Å²) in [5.41, 5.74) is 4.62. The van der Waals surface area contributed by atoms with Crippen molar-refractivity contribution in [1.82, 2.24) is 0 Å². The van der Waals surface area contributed by atoms with E-state index in [9.17, 15) is 4.79 Å². The highest BCUT2D eigenvalue weighted by Crippen LogP contribution is 2.40. The van der Waals surface area contributed by atoms with Gasteiger partial charge >= 0.3 is 0 Å². The number of hydrogen-bond donors (Lipinski definition) is 1. The summed E-state index contributed by atoms with van der Waals surface area (Å²) in [7, 11) is 0. The molecule has 0 radical (unpaired) electrons. The standard InChI is InChI=1S/C32H30N2O2S/c1-3-19-36-28-18-17-23-12-8-9-14-25(23)27(28)21-33-32-30(26-15-6-4-5-7-16-29(26)37-32)31(35)34-24-13-10-11-22(2)20-24/h1,8-14,17-18,20-21H,4-7,15-16,19H2,2H3,(H,34,35). The summed E-state index contributed by atoms with van der Waals surface area (Å²) >= 11 is 1.64. The molecule has 1 N–H and O–H groups in total. The zero-order valence-electron chi connectivity index (χ0n) is 21.0. The van der Waals surface area contributed by atoms with Gasteiger partial charge in [0, 0.05) is 22.3 Å². The van der Waals surface area contributed by atoms with Crippen molar-refractivity contribution in [2.45, 2.75) is 45.4 Å². The number of amides is 1. The number of anilines is 1. The van der Waals surface area contributed by atoms with Gasteiger partial charge in [0.15, 0.2) is 0 Å². The molecule has 0 saturated heterocycles. The van der Waals surface area contributed by atoms with Crippen LogP contribution in [-0.4, -0.2) is 18.7 Å². The summed E-state index contributed by atoms with van der Waals surface area (Å²) in [4.78, 5) is 19.9. The van der Waals surface area contributed by atoms with Gasteiger partial charge in [0.1, 0.15) is 17.4 Å². The van der Waals surface area contributed by atoms with E-state index in [0.717, 1.165) is 63.8 Å². The van der Waals surface area contributed by atoms with Crippen LogP contribution in [0.1, 0.15) is 57.6 Å². The Morgan fingerprint density at radius 1 is 1.08 bits per heavy atom. The molecule has 0 spiro atoms. The molecule has 0 saturated carbocycles. The first-order chi connectivity index (χ1) is 18.1. The second-order valence-electron chi connectivity index (χ2n) is 9.37. The Bertz CT molecular complexity index is 1510. The summed E-state index contributed by atoms with van der Waals surface area (Å²) in [6.45, 7) is 2.20. The molecular formula is C32H30N2O2S. The minimum atomic E-state index is -0.0995. The number of aryl methyl sites for hydroxylation is 2. The SMILES string of the molecule is C#CCOc1ccc2ccccc2c1C=Nc1sc2c(c1C(=O)Nc1cccc(C)c1)CCCCCC2. The maximum absolute atomic E-state index is 13.7. The number of hydrogen-bond acceptors (Lipinski definition) is 4. The van der Waals surface area contributed by atoms with E-state index in [1.54, 1.807) is 11.3 Å². The first kappa shape index (κ1) is 24.8. The van der Waals surface area contributed by atoms with E-state index in [1.807, 2.05) is 61.7 Å². The van der Waals surface area contributed by atoms with E-state index in [-0.39, 0.29) is 12.5 Å². The van der Waals surface area contributed by atoms with E-state index in [2.05, 4.69) is 23.4 Å². The van der Waals surface area contributed by atoms with Crippen molar-refractivity contribution >= 4 is 44.9 Å². The molecule has 5 rings (SSSR count). The maximum atomic E-state index is 13.7. The first-order valence-electron chi connectivity index (χ1n) is 12.8. The molecule has 0 atom stereocenters. The molecule has 186 valence electrons. The highest BCUT2D eigenvalue weighted by molar-refractivity contribution is 7.16. The van der Waals surface area contributed by atoms with Crippen LogP contribution in [0.4, 0.5) is 10.7 Å². The second-order valence-corrected chi connectivity index (χ2v) is 10.5. The molecule has 1 aliphatic rings. The Morgan fingerprint density at radius 2 is 1.92 bits per heavy atom. The number of carbonyl (C=O) groups excluding carboxylic acids is 1. The smallest absolute Gasteiger partial charge is 0.259 e. The summed E-state index contributed by atoms with van der Waals surface area (Å²) in [5, 5.41) is 5.99. The van der Waals surface area contributed by atoms with Crippen molar-refractivity contribution in [3.63, 3.8) is 0 Å². The Morgan fingerprint density at radius 3 is 2.76 bits per heavy atom. The maximum Gasteiger partial charge on any atom is 0.259 e. The Labute approximate surface area is 222 Å². The minimum absolute atomic E-state index is 0.0995. The molecule has 4 aromatic rings. The number of fused-ring (bicyclic) bond motifs is 2. The first-order valence-corrected chi connectivity index (χ1v) is 13.6. The number of ether oxygens (including phenoxy) is 1. The summed E-state index contributed by atoms with van der Waals surface area (Å²) < 4.78 is 5.86.